The lowest BCUT2D eigenvalue weighted by Crippen LogP contribution is -1.96. The number of halogens is 2. The zero-order valence-corrected chi connectivity index (χ0v) is 12.8. The number of nitrogens with one attached hydrogen (secondary N) is 1. The van der Waals surface area contributed by atoms with Gasteiger partial charge in [-0.05, 0) is 36.8 Å². The largest absolute Gasteiger partial charge is 0.399 e. The van der Waals surface area contributed by atoms with Crippen LogP contribution in [0.15, 0.2) is 24.3 Å². The Morgan fingerprint density at radius 1 is 1.10 bits per heavy atom. The number of hydrogen-bond donors (Lipinski definition) is 2. The Balaban J connectivity index is 2.10. The zero-order chi connectivity index (χ0) is 14.3. The molecule has 0 aliphatic carbocycles. The SMILES string of the molecule is Cc1cc(Nc2c(Cl)cc(Cl)c3nsnc23)ccc1N. The molecule has 0 aliphatic rings. The molecule has 0 atom stereocenters. The average Bonchev–Trinajstić information content (AvgIpc) is 2.88. The molecule has 3 N–H and O–H groups in total. The number of nitrogens with two attached hydrogens (primary N) is 1. The van der Waals surface area contributed by atoms with E-state index in [2.05, 4.69) is 14.1 Å². The van der Waals surface area contributed by atoms with Crippen LogP contribution in [0.1, 0.15) is 5.56 Å². The van der Waals surface area contributed by atoms with E-state index in [1.807, 2.05) is 25.1 Å². The number of rotatable bonds is 2. The van der Waals surface area contributed by atoms with Crippen LogP contribution in [0.4, 0.5) is 17.1 Å². The number of anilines is 3. The standard InChI is InChI=1S/C13H10Cl2N4S/c1-6-4-7(2-3-10(6)16)17-11-8(14)5-9(15)12-13(11)19-20-18-12/h2-5,17H,16H2,1H3. The summed E-state index contributed by atoms with van der Waals surface area (Å²) in [6.45, 7) is 1.95. The Kier molecular flexibility index (Phi) is 3.41. The van der Waals surface area contributed by atoms with Crippen molar-refractivity contribution in [1.29, 1.82) is 0 Å². The van der Waals surface area contributed by atoms with E-state index in [0.717, 1.165) is 28.7 Å². The van der Waals surface area contributed by atoms with Crippen LogP contribution in [0, 0.1) is 6.92 Å². The smallest absolute Gasteiger partial charge is 0.131 e. The van der Waals surface area contributed by atoms with Gasteiger partial charge in [0.2, 0.25) is 0 Å². The van der Waals surface area contributed by atoms with Crippen molar-refractivity contribution in [2.75, 3.05) is 11.1 Å². The van der Waals surface area contributed by atoms with Gasteiger partial charge in [0.25, 0.3) is 0 Å². The van der Waals surface area contributed by atoms with E-state index in [1.165, 1.54) is 0 Å². The van der Waals surface area contributed by atoms with E-state index in [9.17, 15) is 0 Å². The predicted octanol–water partition coefficient (Wildman–Crippen LogP) is 4.63. The average molecular weight is 325 g/mol. The van der Waals surface area contributed by atoms with Crippen molar-refractivity contribution in [3.05, 3.63) is 39.9 Å². The molecule has 102 valence electrons. The van der Waals surface area contributed by atoms with Gasteiger partial charge in [0, 0.05) is 11.4 Å². The number of aromatic nitrogens is 2. The summed E-state index contributed by atoms with van der Waals surface area (Å²) in [4.78, 5) is 0. The van der Waals surface area contributed by atoms with Crippen LogP contribution in [0.2, 0.25) is 10.0 Å². The highest BCUT2D eigenvalue weighted by Crippen LogP contribution is 2.37. The van der Waals surface area contributed by atoms with Crippen LogP contribution < -0.4 is 11.1 Å². The van der Waals surface area contributed by atoms with Gasteiger partial charge in [-0.15, -0.1) is 0 Å². The van der Waals surface area contributed by atoms with Crippen molar-refractivity contribution in [3.8, 4) is 0 Å². The highest BCUT2D eigenvalue weighted by Gasteiger charge is 2.14. The molecule has 1 aromatic heterocycles. The van der Waals surface area contributed by atoms with E-state index >= 15 is 0 Å². The van der Waals surface area contributed by atoms with Gasteiger partial charge in [0.05, 0.1) is 27.5 Å². The Bertz CT molecular complexity index is 800. The molecule has 7 heteroatoms. The summed E-state index contributed by atoms with van der Waals surface area (Å²) in [5.74, 6) is 0. The number of fused-ring (bicyclic) bond motifs is 1. The minimum absolute atomic E-state index is 0.498. The van der Waals surface area contributed by atoms with Crippen molar-refractivity contribution in [1.82, 2.24) is 8.75 Å². The molecular formula is C13H10Cl2N4S. The third-order valence-electron chi connectivity index (χ3n) is 2.98. The number of benzene rings is 2. The zero-order valence-electron chi connectivity index (χ0n) is 10.4. The number of nitrogen functional groups attached to an aromatic ring is 1. The Hall–Kier alpha value is -1.56. The van der Waals surface area contributed by atoms with Gasteiger partial charge in [0.1, 0.15) is 11.0 Å². The summed E-state index contributed by atoms with van der Waals surface area (Å²) in [6, 6.07) is 7.35. The molecule has 0 amide bonds. The van der Waals surface area contributed by atoms with Crippen LogP contribution >= 0.6 is 34.9 Å². The first-order valence-corrected chi connectivity index (χ1v) is 7.28. The maximum atomic E-state index is 6.25. The normalized spacial score (nSPS) is 10.9. The first-order chi connectivity index (χ1) is 9.56. The lowest BCUT2D eigenvalue weighted by atomic mass is 10.1. The molecule has 1 heterocycles. The molecule has 0 bridgehead atoms. The van der Waals surface area contributed by atoms with Crippen LogP contribution in [0.3, 0.4) is 0 Å². The lowest BCUT2D eigenvalue weighted by Gasteiger charge is -2.11. The van der Waals surface area contributed by atoms with Crippen molar-refractivity contribution in [2.45, 2.75) is 6.92 Å². The van der Waals surface area contributed by atoms with E-state index in [0.29, 0.717) is 26.8 Å². The van der Waals surface area contributed by atoms with E-state index in [1.54, 1.807) is 6.07 Å². The number of nitrogens with zero attached hydrogens (tertiary/aromatic N) is 2. The summed E-state index contributed by atoms with van der Waals surface area (Å²) in [5.41, 5.74) is 10.5. The minimum Gasteiger partial charge on any atom is -0.399 e. The van der Waals surface area contributed by atoms with Crippen LogP contribution in [0.5, 0.6) is 0 Å². The molecule has 0 unspecified atom stereocenters. The number of aryl methyl sites for hydroxylation is 1. The van der Waals surface area contributed by atoms with Crippen LogP contribution in [-0.2, 0) is 0 Å². The summed E-state index contributed by atoms with van der Waals surface area (Å²) >= 11 is 13.5. The molecule has 0 fully saturated rings. The summed E-state index contributed by atoms with van der Waals surface area (Å²) in [5, 5.41) is 4.26. The van der Waals surface area contributed by atoms with Gasteiger partial charge in [-0.2, -0.15) is 8.75 Å². The maximum absolute atomic E-state index is 6.25. The molecule has 0 spiro atoms. The highest BCUT2D eigenvalue weighted by molar-refractivity contribution is 7.00. The van der Waals surface area contributed by atoms with Crippen molar-refractivity contribution in [3.63, 3.8) is 0 Å². The molecule has 0 radical (unpaired) electrons. The fraction of sp³-hybridized carbons (Fsp3) is 0.0769. The molecule has 2 aromatic carbocycles. The van der Waals surface area contributed by atoms with Gasteiger partial charge in [0.15, 0.2) is 0 Å². The third kappa shape index (κ3) is 2.28. The lowest BCUT2D eigenvalue weighted by molar-refractivity contribution is 1.45. The van der Waals surface area contributed by atoms with E-state index in [4.69, 9.17) is 28.9 Å². The first-order valence-electron chi connectivity index (χ1n) is 5.79. The Labute approximate surface area is 129 Å². The Morgan fingerprint density at radius 3 is 2.60 bits per heavy atom. The highest BCUT2D eigenvalue weighted by atomic mass is 35.5. The minimum atomic E-state index is 0.498. The topological polar surface area (TPSA) is 63.8 Å². The first kappa shape index (κ1) is 13.4. The second-order valence-electron chi connectivity index (χ2n) is 4.37. The second-order valence-corrected chi connectivity index (χ2v) is 5.72. The summed E-state index contributed by atoms with van der Waals surface area (Å²) in [7, 11) is 0. The summed E-state index contributed by atoms with van der Waals surface area (Å²) in [6.07, 6.45) is 0. The monoisotopic (exact) mass is 324 g/mol. The summed E-state index contributed by atoms with van der Waals surface area (Å²) < 4.78 is 8.42. The molecule has 3 aromatic rings. The van der Waals surface area contributed by atoms with Crippen molar-refractivity contribution < 1.29 is 0 Å². The molecule has 0 saturated carbocycles. The van der Waals surface area contributed by atoms with Gasteiger partial charge in [-0.25, -0.2) is 0 Å². The third-order valence-corrected chi connectivity index (χ3v) is 4.10. The van der Waals surface area contributed by atoms with E-state index < -0.39 is 0 Å². The van der Waals surface area contributed by atoms with Crippen molar-refractivity contribution in [2.24, 2.45) is 0 Å². The van der Waals surface area contributed by atoms with Gasteiger partial charge in [-0.3, -0.25) is 0 Å². The van der Waals surface area contributed by atoms with E-state index in [-0.39, 0.29) is 0 Å². The fourth-order valence-electron chi connectivity index (χ4n) is 1.89. The van der Waals surface area contributed by atoms with Gasteiger partial charge >= 0.3 is 0 Å². The molecule has 3 rings (SSSR count). The maximum Gasteiger partial charge on any atom is 0.131 e. The fourth-order valence-corrected chi connectivity index (χ4v) is 3.05. The quantitative estimate of drug-likeness (QED) is 0.674. The molecule has 4 nitrogen and oxygen atoms in total. The van der Waals surface area contributed by atoms with Gasteiger partial charge in [-0.1, -0.05) is 23.2 Å². The molecule has 20 heavy (non-hydrogen) atoms. The van der Waals surface area contributed by atoms with Crippen LogP contribution in [-0.4, -0.2) is 8.75 Å². The van der Waals surface area contributed by atoms with Crippen LogP contribution in [0.25, 0.3) is 11.0 Å². The van der Waals surface area contributed by atoms with Crippen molar-refractivity contribution >= 4 is 63.0 Å². The Morgan fingerprint density at radius 2 is 1.85 bits per heavy atom. The second kappa shape index (κ2) is 5.09. The molecule has 0 saturated heterocycles. The molecular weight excluding hydrogens is 315 g/mol. The predicted molar refractivity (Wildman–Crippen MR) is 86.3 cm³/mol. The number of hydrogen-bond acceptors (Lipinski definition) is 5. The van der Waals surface area contributed by atoms with Gasteiger partial charge < -0.3 is 11.1 Å². The molecule has 0 aliphatic heterocycles.